The van der Waals surface area contributed by atoms with Gasteiger partial charge in [0.15, 0.2) is 0 Å². The highest BCUT2D eigenvalue weighted by Crippen LogP contribution is 2.27. The summed E-state index contributed by atoms with van der Waals surface area (Å²) in [4.78, 5) is 20.9. The Hall–Kier alpha value is -3.21. The number of aromatic nitrogens is 2. The van der Waals surface area contributed by atoms with E-state index < -0.39 is 0 Å². The maximum Gasteiger partial charge on any atom is 0.274 e. The lowest BCUT2D eigenvalue weighted by Gasteiger charge is -2.12. The van der Waals surface area contributed by atoms with Gasteiger partial charge in [-0.1, -0.05) is 24.3 Å². The van der Waals surface area contributed by atoms with Crippen molar-refractivity contribution in [2.45, 2.75) is 20.0 Å². The van der Waals surface area contributed by atoms with Gasteiger partial charge in [0.2, 0.25) is 5.88 Å². The Bertz CT molecular complexity index is 864. The number of rotatable bonds is 5. The van der Waals surface area contributed by atoms with Crippen molar-refractivity contribution in [1.29, 1.82) is 0 Å². The molecule has 0 saturated carbocycles. The summed E-state index contributed by atoms with van der Waals surface area (Å²) in [5.41, 5.74) is 2.93. The number of para-hydroxylation sites is 1. The SMILES string of the molecule is CC(C)Oc1cccc(C(=O)Nc2ccccc2-c2ccncc2)n1. The molecule has 0 radical (unpaired) electrons. The van der Waals surface area contributed by atoms with Crippen LogP contribution >= 0.6 is 0 Å². The molecule has 3 aromatic rings. The molecule has 0 saturated heterocycles. The summed E-state index contributed by atoms with van der Waals surface area (Å²) >= 11 is 0. The van der Waals surface area contributed by atoms with Crippen LogP contribution in [0.3, 0.4) is 0 Å². The molecule has 1 aromatic carbocycles. The molecule has 25 heavy (non-hydrogen) atoms. The van der Waals surface area contributed by atoms with Crippen LogP contribution in [0.2, 0.25) is 0 Å². The summed E-state index contributed by atoms with van der Waals surface area (Å²) in [6, 6.07) is 16.6. The lowest BCUT2D eigenvalue weighted by Crippen LogP contribution is -2.15. The van der Waals surface area contributed by atoms with Crippen LogP contribution in [0.1, 0.15) is 24.3 Å². The fourth-order valence-corrected chi connectivity index (χ4v) is 2.41. The van der Waals surface area contributed by atoms with Crippen molar-refractivity contribution in [2.75, 3.05) is 5.32 Å². The first kappa shape index (κ1) is 16.6. The molecule has 0 fully saturated rings. The first-order chi connectivity index (χ1) is 12.1. The molecular weight excluding hydrogens is 314 g/mol. The maximum absolute atomic E-state index is 12.6. The molecule has 3 rings (SSSR count). The third-order valence-corrected chi connectivity index (χ3v) is 3.48. The molecule has 0 aliphatic rings. The number of hydrogen-bond acceptors (Lipinski definition) is 4. The summed E-state index contributed by atoms with van der Waals surface area (Å²) in [6.45, 7) is 3.83. The first-order valence-electron chi connectivity index (χ1n) is 8.08. The summed E-state index contributed by atoms with van der Waals surface area (Å²) in [7, 11) is 0. The lowest BCUT2D eigenvalue weighted by atomic mass is 10.0. The second-order valence-corrected chi connectivity index (χ2v) is 5.76. The highest BCUT2D eigenvalue weighted by atomic mass is 16.5. The van der Waals surface area contributed by atoms with Crippen LogP contribution in [-0.4, -0.2) is 22.0 Å². The molecule has 5 nitrogen and oxygen atoms in total. The average Bonchev–Trinajstić information content (AvgIpc) is 2.62. The number of carbonyl (C=O) groups is 1. The molecule has 1 N–H and O–H groups in total. The molecule has 2 heterocycles. The van der Waals surface area contributed by atoms with Crippen LogP contribution in [0.25, 0.3) is 11.1 Å². The van der Waals surface area contributed by atoms with Crippen molar-refractivity contribution in [3.8, 4) is 17.0 Å². The number of nitrogens with zero attached hydrogens (tertiary/aromatic N) is 2. The Kier molecular flexibility index (Phi) is 5.04. The minimum absolute atomic E-state index is 0.00164. The van der Waals surface area contributed by atoms with Crippen LogP contribution in [0.4, 0.5) is 5.69 Å². The van der Waals surface area contributed by atoms with Gasteiger partial charge in [-0.2, -0.15) is 0 Å². The van der Waals surface area contributed by atoms with E-state index in [1.807, 2.05) is 50.2 Å². The molecule has 0 aliphatic heterocycles. The smallest absolute Gasteiger partial charge is 0.274 e. The molecule has 126 valence electrons. The summed E-state index contributed by atoms with van der Waals surface area (Å²) in [5.74, 6) is 0.154. The molecule has 0 atom stereocenters. The lowest BCUT2D eigenvalue weighted by molar-refractivity contribution is 0.102. The summed E-state index contributed by atoms with van der Waals surface area (Å²) in [5, 5.41) is 2.93. The zero-order valence-electron chi connectivity index (χ0n) is 14.1. The monoisotopic (exact) mass is 333 g/mol. The third kappa shape index (κ3) is 4.20. The van der Waals surface area contributed by atoms with Crippen molar-refractivity contribution >= 4 is 11.6 Å². The molecule has 5 heteroatoms. The van der Waals surface area contributed by atoms with E-state index >= 15 is 0 Å². The summed E-state index contributed by atoms with van der Waals surface area (Å²) in [6.07, 6.45) is 3.45. The second-order valence-electron chi connectivity index (χ2n) is 5.76. The number of carbonyl (C=O) groups excluding carboxylic acids is 1. The van der Waals surface area contributed by atoms with E-state index in [0.717, 1.165) is 16.8 Å². The van der Waals surface area contributed by atoms with Gasteiger partial charge in [0.1, 0.15) is 5.69 Å². The minimum atomic E-state index is -0.282. The van der Waals surface area contributed by atoms with Gasteiger partial charge in [-0.15, -0.1) is 0 Å². The molecular formula is C20H19N3O2. The number of amides is 1. The molecule has 0 unspecified atom stereocenters. The molecule has 2 aromatic heterocycles. The topological polar surface area (TPSA) is 64.1 Å². The Labute approximate surface area is 146 Å². The van der Waals surface area contributed by atoms with E-state index in [2.05, 4.69) is 15.3 Å². The van der Waals surface area contributed by atoms with E-state index in [4.69, 9.17) is 4.74 Å². The van der Waals surface area contributed by atoms with Gasteiger partial charge in [0.05, 0.1) is 6.10 Å². The predicted molar refractivity (Wildman–Crippen MR) is 97.6 cm³/mol. The predicted octanol–water partition coefficient (Wildman–Crippen LogP) is 4.18. The maximum atomic E-state index is 12.6. The van der Waals surface area contributed by atoms with Crippen molar-refractivity contribution in [3.05, 3.63) is 72.7 Å². The highest BCUT2D eigenvalue weighted by molar-refractivity contribution is 6.05. The number of anilines is 1. The Morgan fingerprint density at radius 2 is 1.76 bits per heavy atom. The Balaban J connectivity index is 1.85. The number of pyridine rings is 2. The van der Waals surface area contributed by atoms with Crippen LogP contribution < -0.4 is 10.1 Å². The van der Waals surface area contributed by atoms with Gasteiger partial charge in [0.25, 0.3) is 5.91 Å². The van der Waals surface area contributed by atoms with Crippen LogP contribution in [0, 0.1) is 0 Å². The van der Waals surface area contributed by atoms with Crippen LogP contribution in [0.15, 0.2) is 67.0 Å². The molecule has 0 bridgehead atoms. The van der Waals surface area contributed by atoms with Crippen molar-refractivity contribution in [2.24, 2.45) is 0 Å². The number of benzene rings is 1. The summed E-state index contributed by atoms with van der Waals surface area (Å²) < 4.78 is 5.55. The standard InChI is InChI=1S/C20H19N3O2/c1-14(2)25-19-9-5-8-18(22-19)20(24)23-17-7-4-3-6-16(17)15-10-12-21-13-11-15/h3-14H,1-2H3,(H,23,24). The van der Waals surface area contributed by atoms with E-state index in [-0.39, 0.29) is 12.0 Å². The van der Waals surface area contributed by atoms with Gasteiger partial charge in [-0.25, -0.2) is 4.98 Å². The van der Waals surface area contributed by atoms with E-state index in [0.29, 0.717) is 11.6 Å². The molecule has 1 amide bonds. The Morgan fingerprint density at radius 1 is 1.00 bits per heavy atom. The van der Waals surface area contributed by atoms with Gasteiger partial charge >= 0.3 is 0 Å². The number of ether oxygens (including phenoxy) is 1. The normalized spacial score (nSPS) is 10.5. The largest absolute Gasteiger partial charge is 0.475 e. The quantitative estimate of drug-likeness (QED) is 0.760. The zero-order chi connectivity index (χ0) is 17.6. The number of hydrogen-bond donors (Lipinski definition) is 1. The van der Waals surface area contributed by atoms with Crippen molar-refractivity contribution in [3.63, 3.8) is 0 Å². The molecule has 0 spiro atoms. The first-order valence-corrected chi connectivity index (χ1v) is 8.08. The van der Waals surface area contributed by atoms with Crippen LogP contribution in [0.5, 0.6) is 5.88 Å². The fourth-order valence-electron chi connectivity index (χ4n) is 2.41. The van der Waals surface area contributed by atoms with Gasteiger partial charge in [0, 0.05) is 29.7 Å². The second kappa shape index (κ2) is 7.57. The van der Waals surface area contributed by atoms with Gasteiger partial charge in [-0.3, -0.25) is 9.78 Å². The van der Waals surface area contributed by atoms with E-state index in [1.165, 1.54) is 0 Å². The van der Waals surface area contributed by atoms with Crippen LogP contribution in [-0.2, 0) is 0 Å². The highest BCUT2D eigenvalue weighted by Gasteiger charge is 2.12. The van der Waals surface area contributed by atoms with E-state index in [9.17, 15) is 4.79 Å². The minimum Gasteiger partial charge on any atom is -0.475 e. The molecule has 0 aliphatic carbocycles. The van der Waals surface area contributed by atoms with Gasteiger partial charge < -0.3 is 10.1 Å². The zero-order valence-corrected chi connectivity index (χ0v) is 14.1. The Morgan fingerprint density at radius 3 is 2.52 bits per heavy atom. The van der Waals surface area contributed by atoms with Gasteiger partial charge in [-0.05, 0) is 43.7 Å². The van der Waals surface area contributed by atoms with Crippen molar-refractivity contribution in [1.82, 2.24) is 9.97 Å². The van der Waals surface area contributed by atoms with E-state index in [1.54, 1.807) is 30.6 Å². The van der Waals surface area contributed by atoms with Crippen molar-refractivity contribution < 1.29 is 9.53 Å². The average molecular weight is 333 g/mol. The third-order valence-electron chi connectivity index (χ3n) is 3.48. The fraction of sp³-hybridized carbons (Fsp3) is 0.150. The number of nitrogens with one attached hydrogen (secondary N) is 1.